The zero-order valence-corrected chi connectivity index (χ0v) is 22.6. The maximum absolute atomic E-state index is 12.9. The number of rotatable bonds is 8. The van der Waals surface area contributed by atoms with Gasteiger partial charge in [0.2, 0.25) is 5.96 Å². The van der Waals surface area contributed by atoms with E-state index in [-0.39, 0.29) is 5.91 Å². The number of nitrogens with zero attached hydrogens (tertiary/aromatic N) is 5. The third-order valence-corrected chi connectivity index (χ3v) is 6.22. The molecule has 1 aliphatic heterocycles. The van der Waals surface area contributed by atoms with Crippen LogP contribution in [0.15, 0.2) is 57.4 Å². The zero-order valence-electron chi connectivity index (χ0n) is 22.6. The molecule has 0 unspecified atom stereocenters. The molecule has 38 heavy (non-hydrogen) atoms. The third-order valence-electron chi connectivity index (χ3n) is 6.22. The first-order valence-corrected chi connectivity index (χ1v) is 12.7. The lowest BCUT2D eigenvalue weighted by atomic mass is 9.97. The quantitative estimate of drug-likeness (QED) is 0.418. The molecule has 0 radical (unpaired) electrons. The Kier molecular flexibility index (Phi) is 10.4. The van der Waals surface area contributed by atoms with E-state index < -0.39 is 0 Å². The van der Waals surface area contributed by atoms with E-state index in [9.17, 15) is 10.1 Å². The Balaban J connectivity index is 1.57. The summed E-state index contributed by atoms with van der Waals surface area (Å²) in [6, 6.07) is 14.5. The Morgan fingerprint density at radius 1 is 1.18 bits per heavy atom. The molecule has 1 saturated heterocycles. The molecule has 3 rings (SSSR count). The zero-order chi connectivity index (χ0) is 27.5. The van der Waals surface area contributed by atoms with Gasteiger partial charge in [-0.15, -0.1) is 0 Å². The van der Waals surface area contributed by atoms with Crippen LogP contribution in [0.4, 0.5) is 0 Å². The van der Waals surface area contributed by atoms with E-state index in [0.29, 0.717) is 65.0 Å². The average molecular weight is 517 g/mol. The van der Waals surface area contributed by atoms with Crippen LogP contribution in [0.1, 0.15) is 48.2 Å². The van der Waals surface area contributed by atoms with Crippen molar-refractivity contribution < 1.29 is 14.3 Å². The van der Waals surface area contributed by atoms with Gasteiger partial charge in [0, 0.05) is 43.9 Å². The third kappa shape index (κ3) is 7.90. The lowest BCUT2D eigenvalue weighted by Gasteiger charge is -2.32. The van der Waals surface area contributed by atoms with E-state index in [1.165, 1.54) is 0 Å². The topological polar surface area (TPSA) is 112 Å². The molecule has 0 bridgehead atoms. The van der Waals surface area contributed by atoms with E-state index in [0.717, 1.165) is 25.9 Å². The molecule has 9 nitrogen and oxygen atoms in total. The fourth-order valence-corrected chi connectivity index (χ4v) is 4.12. The van der Waals surface area contributed by atoms with Crippen LogP contribution in [-0.2, 0) is 0 Å². The minimum Gasteiger partial charge on any atom is -0.497 e. The molecule has 2 aromatic carbocycles. The molecule has 0 saturated carbocycles. The molecule has 0 atom stereocenters. The van der Waals surface area contributed by atoms with Crippen LogP contribution in [0.2, 0.25) is 0 Å². The van der Waals surface area contributed by atoms with Gasteiger partial charge in [0.05, 0.1) is 25.3 Å². The molecule has 0 aromatic heterocycles. The van der Waals surface area contributed by atoms with Gasteiger partial charge in [-0.3, -0.25) is 9.79 Å². The smallest absolute Gasteiger partial charge is 0.251 e. The summed E-state index contributed by atoms with van der Waals surface area (Å²) in [5, 5.41) is 12.3. The predicted molar refractivity (Wildman–Crippen MR) is 151 cm³/mol. The summed E-state index contributed by atoms with van der Waals surface area (Å²) >= 11 is 0. The molecule has 1 fully saturated rings. The first kappa shape index (κ1) is 28.4. The van der Waals surface area contributed by atoms with Crippen molar-refractivity contribution in [1.29, 1.82) is 5.26 Å². The van der Waals surface area contributed by atoms with Gasteiger partial charge in [0.1, 0.15) is 11.5 Å². The summed E-state index contributed by atoms with van der Waals surface area (Å²) in [5.74, 6) is 2.77. The largest absolute Gasteiger partial charge is 0.497 e. The molecule has 2 aromatic rings. The lowest BCUT2D eigenvalue weighted by molar-refractivity contribution is 0.0940. The average Bonchev–Trinajstić information content (AvgIpc) is 2.95. The number of benzene rings is 2. The van der Waals surface area contributed by atoms with Gasteiger partial charge in [-0.05, 0) is 55.7 Å². The molecule has 1 amide bonds. The van der Waals surface area contributed by atoms with Crippen molar-refractivity contribution in [3.63, 3.8) is 0 Å². The van der Waals surface area contributed by atoms with E-state index in [2.05, 4.69) is 51.8 Å². The summed E-state index contributed by atoms with van der Waals surface area (Å²) in [6.45, 7) is 10.4. The Morgan fingerprint density at radius 2 is 1.92 bits per heavy atom. The number of nitriles is 1. The van der Waals surface area contributed by atoms with E-state index in [1.807, 2.05) is 6.07 Å². The van der Waals surface area contributed by atoms with Crippen molar-refractivity contribution in [3.8, 4) is 17.6 Å². The highest BCUT2D eigenvalue weighted by Gasteiger charge is 2.23. The number of carbonyl (C=O) groups is 1. The SMILES string of the molecule is C=NC(=NC(=NC)N1CCC(CNC(=O)c2cc(OC)cc(OCC(C)C)c2)CC1)c1cccc(C#N)c1. The van der Waals surface area contributed by atoms with Crippen molar-refractivity contribution in [2.24, 2.45) is 26.8 Å². The molecular weight excluding hydrogens is 480 g/mol. The summed E-state index contributed by atoms with van der Waals surface area (Å²) in [7, 11) is 3.28. The number of likely N-dealkylation sites (tertiary alicyclic amines) is 1. The van der Waals surface area contributed by atoms with Crippen LogP contribution >= 0.6 is 0 Å². The van der Waals surface area contributed by atoms with Crippen LogP contribution in [0.25, 0.3) is 0 Å². The Labute approximate surface area is 224 Å². The molecule has 1 aliphatic rings. The first-order chi connectivity index (χ1) is 18.4. The van der Waals surface area contributed by atoms with Gasteiger partial charge in [0.15, 0.2) is 5.84 Å². The second-order valence-corrected chi connectivity index (χ2v) is 9.55. The Morgan fingerprint density at radius 3 is 2.55 bits per heavy atom. The number of methoxy groups -OCH3 is 1. The van der Waals surface area contributed by atoms with Gasteiger partial charge >= 0.3 is 0 Å². The Hall–Kier alpha value is -4.19. The lowest BCUT2D eigenvalue weighted by Crippen LogP contribution is -2.41. The summed E-state index contributed by atoms with van der Waals surface area (Å²) < 4.78 is 11.2. The normalized spacial score (nSPS) is 14.7. The summed E-state index contributed by atoms with van der Waals surface area (Å²) in [5.41, 5.74) is 1.76. The number of amidine groups is 1. The van der Waals surface area contributed by atoms with Crippen LogP contribution in [0, 0.1) is 23.2 Å². The maximum atomic E-state index is 12.9. The molecular formula is C29H36N6O3. The number of ether oxygens (including phenoxy) is 2. The molecule has 9 heteroatoms. The van der Waals surface area contributed by atoms with Gasteiger partial charge < -0.3 is 19.7 Å². The minimum absolute atomic E-state index is 0.151. The second-order valence-electron chi connectivity index (χ2n) is 9.55. The van der Waals surface area contributed by atoms with E-state index in [1.54, 1.807) is 50.6 Å². The summed E-state index contributed by atoms with van der Waals surface area (Å²) in [6.07, 6.45) is 1.77. The number of hydrogen-bond acceptors (Lipinski definition) is 5. The van der Waals surface area contributed by atoms with Crippen molar-refractivity contribution in [1.82, 2.24) is 10.2 Å². The molecule has 1 heterocycles. The molecule has 0 aliphatic carbocycles. The van der Waals surface area contributed by atoms with Crippen molar-refractivity contribution in [3.05, 3.63) is 59.2 Å². The fourth-order valence-electron chi connectivity index (χ4n) is 4.12. The number of piperidine rings is 1. The predicted octanol–water partition coefficient (Wildman–Crippen LogP) is 4.18. The maximum Gasteiger partial charge on any atom is 0.251 e. The standard InChI is InChI=1S/C29H36N6O3/c1-20(2)19-38-26-15-24(14-25(16-26)37-5)28(36)33-18-21-9-11-35(12-10-21)29(32-4)34-27(31-3)23-8-6-7-22(13-23)17-30/h6-8,13-16,20-21H,3,9-12,18-19H2,1-2,4-5H3,(H,33,36). The number of guanidine groups is 1. The van der Waals surface area contributed by atoms with Crippen molar-refractivity contribution >= 4 is 24.4 Å². The summed E-state index contributed by atoms with van der Waals surface area (Å²) in [4.78, 5) is 28.1. The van der Waals surface area contributed by atoms with E-state index >= 15 is 0 Å². The number of nitrogens with one attached hydrogen (secondary N) is 1. The molecule has 1 N–H and O–H groups in total. The molecule has 200 valence electrons. The first-order valence-electron chi connectivity index (χ1n) is 12.7. The number of aliphatic imine (C=N–C) groups is 3. The monoisotopic (exact) mass is 516 g/mol. The highest BCUT2D eigenvalue weighted by atomic mass is 16.5. The number of hydrogen-bond donors (Lipinski definition) is 1. The van der Waals surface area contributed by atoms with Gasteiger partial charge in [0.25, 0.3) is 5.91 Å². The van der Waals surface area contributed by atoms with Crippen molar-refractivity contribution in [2.75, 3.05) is 40.4 Å². The fraction of sp³-hybridized carbons (Fsp3) is 0.414. The number of amides is 1. The highest BCUT2D eigenvalue weighted by Crippen LogP contribution is 2.24. The van der Waals surface area contributed by atoms with Crippen LogP contribution in [0.3, 0.4) is 0 Å². The molecule has 0 spiro atoms. The van der Waals surface area contributed by atoms with Gasteiger partial charge in [-0.1, -0.05) is 26.0 Å². The van der Waals surface area contributed by atoms with Crippen LogP contribution in [-0.4, -0.2) is 69.7 Å². The van der Waals surface area contributed by atoms with Gasteiger partial charge in [-0.2, -0.15) is 10.3 Å². The van der Waals surface area contributed by atoms with Crippen LogP contribution in [0.5, 0.6) is 11.5 Å². The number of carbonyl (C=O) groups excluding carboxylic acids is 1. The second kappa shape index (κ2) is 13.9. The van der Waals surface area contributed by atoms with Crippen LogP contribution < -0.4 is 14.8 Å². The van der Waals surface area contributed by atoms with Gasteiger partial charge in [-0.25, -0.2) is 4.99 Å². The highest BCUT2D eigenvalue weighted by molar-refractivity contribution is 6.07. The van der Waals surface area contributed by atoms with Crippen molar-refractivity contribution in [2.45, 2.75) is 26.7 Å². The van der Waals surface area contributed by atoms with E-state index in [4.69, 9.17) is 9.47 Å². The Bertz CT molecular complexity index is 1220. The minimum atomic E-state index is -0.151.